The molecule has 0 aliphatic carbocycles. The molecule has 1 N–H and O–H groups in total. The fraction of sp³-hybridized carbons (Fsp3) is 0.471. The first kappa shape index (κ1) is 19.1. The van der Waals surface area contributed by atoms with E-state index in [4.69, 9.17) is 21.1 Å². The lowest BCUT2D eigenvalue weighted by atomic mass is 10.1. The van der Waals surface area contributed by atoms with Crippen molar-refractivity contribution in [2.45, 2.75) is 26.4 Å². The van der Waals surface area contributed by atoms with Crippen LogP contribution in [0.15, 0.2) is 18.2 Å². The minimum absolute atomic E-state index is 0.0105. The van der Waals surface area contributed by atoms with Gasteiger partial charge in [-0.1, -0.05) is 11.6 Å². The van der Waals surface area contributed by atoms with Crippen molar-refractivity contribution in [2.24, 2.45) is 5.92 Å². The molecule has 1 fully saturated rings. The summed E-state index contributed by atoms with van der Waals surface area (Å²) in [6.07, 6.45) is -0.895. The number of methoxy groups -OCH3 is 1. The predicted octanol–water partition coefficient (Wildman–Crippen LogP) is 1.77. The first-order chi connectivity index (χ1) is 11.9. The van der Waals surface area contributed by atoms with Crippen LogP contribution in [0, 0.1) is 5.92 Å². The van der Waals surface area contributed by atoms with Crippen molar-refractivity contribution in [3.05, 3.63) is 23.2 Å². The molecule has 7 nitrogen and oxygen atoms in total. The summed E-state index contributed by atoms with van der Waals surface area (Å²) in [6.45, 7) is 3.87. The molecular weight excluding hydrogens is 348 g/mol. The highest BCUT2D eigenvalue weighted by molar-refractivity contribution is 6.31. The Hall–Kier alpha value is -2.28. The number of ether oxygens (including phenoxy) is 2. The molecule has 1 heterocycles. The Kier molecular flexibility index (Phi) is 6.25. The van der Waals surface area contributed by atoms with Gasteiger partial charge in [0.2, 0.25) is 5.91 Å². The zero-order valence-electron chi connectivity index (χ0n) is 14.4. The summed E-state index contributed by atoms with van der Waals surface area (Å²) in [6, 6.07) is 4.93. The number of nitrogens with zero attached hydrogens (tertiary/aromatic N) is 1. The van der Waals surface area contributed by atoms with E-state index in [9.17, 15) is 14.4 Å². The van der Waals surface area contributed by atoms with E-state index < -0.39 is 18.0 Å². The van der Waals surface area contributed by atoms with Crippen LogP contribution in [0.5, 0.6) is 5.75 Å². The summed E-state index contributed by atoms with van der Waals surface area (Å²) in [5.74, 6) is -1.33. The number of nitrogens with one attached hydrogen (secondary N) is 1. The lowest BCUT2D eigenvalue weighted by molar-refractivity contribution is -0.158. The van der Waals surface area contributed by atoms with E-state index in [1.54, 1.807) is 25.1 Å². The van der Waals surface area contributed by atoms with Gasteiger partial charge in [-0.15, -0.1) is 0 Å². The van der Waals surface area contributed by atoms with Crippen molar-refractivity contribution >= 4 is 35.1 Å². The van der Waals surface area contributed by atoms with E-state index in [1.165, 1.54) is 18.9 Å². The van der Waals surface area contributed by atoms with Crippen molar-refractivity contribution in [1.29, 1.82) is 0 Å². The van der Waals surface area contributed by atoms with Gasteiger partial charge in [0.15, 0.2) is 6.10 Å². The highest BCUT2D eigenvalue weighted by Crippen LogP contribution is 2.35. The van der Waals surface area contributed by atoms with Crippen LogP contribution in [0.25, 0.3) is 0 Å². The second kappa shape index (κ2) is 8.20. The highest BCUT2D eigenvalue weighted by Gasteiger charge is 2.38. The van der Waals surface area contributed by atoms with Crippen LogP contribution in [0.3, 0.4) is 0 Å². The summed E-state index contributed by atoms with van der Waals surface area (Å²) in [4.78, 5) is 37.7. The van der Waals surface area contributed by atoms with Crippen molar-refractivity contribution in [3.8, 4) is 5.75 Å². The zero-order chi connectivity index (χ0) is 18.6. The van der Waals surface area contributed by atoms with E-state index in [-0.39, 0.29) is 24.8 Å². The molecule has 2 rings (SSSR count). The first-order valence-electron chi connectivity index (χ1n) is 7.99. The van der Waals surface area contributed by atoms with Gasteiger partial charge in [0, 0.05) is 24.5 Å². The van der Waals surface area contributed by atoms with Gasteiger partial charge in [-0.25, -0.2) is 0 Å². The topological polar surface area (TPSA) is 84.9 Å². The number of hydrogen-bond donors (Lipinski definition) is 1. The molecule has 2 amide bonds. The van der Waals surface area contributed by atoms with Crippen LogP contribution in [-0.2, 0) is 19.1 Å². The molecule has 136 valence electrons. The van der Waals surface area contributed by atoms with E-state index >= 15 is 0 Å². The average molecular weight is 369 g/mol. The fourth-order valence-corrected chi connectivity index (χ4v) is 2.78. The lowest BCUT2D eigenvalue weighted by Crippen LogP contribution is -2.37. The van der Waals surface area contributed by atoms with Crippen LogP contribution in [0.4, 0.5) is 5.69 Å². The Morgan fingerprint density at radius 3 is 2.80 bits per heavy atom. The molecule has 25 heavy (non-hydrogen) atoms. The Balaban J connectivity index is 2.08. The molecule has 1 aromatic rings. The minimum atomic E-state index is -0.905. The standard InChI is InChI=1S/C17H21ClN2O5/c1-4-19-16(22)10(2)25-17(23)11-7-15(21)20(9-11)13-8-12(18)5-6-14(13)24-3/h5-6,8,10-11H,4,7,9H2,1-3H3,(H,19,22)/t10-,11-/m1/s1. The Morgan fingerprint density at radius 2 is 2.16 bits per heavy atom. The van der Waals surface area contributed by atoms with E-state index in [0.29, 0.717) is 23.0 Å². The van der Waals surface area contributed by atoms with Gasteiger partial charge < -0.3 is 19.7 Å². The van der Waals surface area contributed by atoms with Crippen molar-refractivity contribution in [2.75, 3.05) is 25.1 Å². The molecule has 1 aliphatic rings. The molecule has 1 aromatic carbocycles. The molecule has 1 aliphatic heterocycles. The summed E-state index contributed by atoms with van der Waals surface area (Å²) >= 11 is 6.00. The molecular formula is C17H21ClN2O5. The van der Waals surface area contributed by atoms with Gasteiger partial charge in [-0.2, -0.15) is 0 Å². The van der Waals surface area contributed by atoms with Gasteiger partial charge in [0.05, 0.1) is 18.7 Å². The molecule has 0 aromatic heterocycles. The highest BCUT2D eigenvalue weighted by atomic mass is 35.5. The molecule has 0 radical (unpaired) electrons. The van der Waals surface area contributed by atoms with E-state index in [2.05, 4.69) is 5.32 Å². The number of benzene rings is 1. The van der Waals surface area contributed by atoms with Crippen LogP contribution in [0.1, 0.15) is 20.3 Å². The van der Waals surface area contributed by atoms with E-state index in [0.717, 1.165) is 0 Å². The molecule has 0 saturated carbocycles. The maximum atomic E-state index is 12.3. The number of anilines is 1. The number of hydrogen-bond acceptors (Lipinski definition) is 5. The number of carbonyl (C=O) groups is 3. The number of carbonyl (C=O) groups excluding carboxylic acids is 3. The molecule has 0 spiro atoms. The SMILES string of the molecule is CCNC(=O)[C@@H](C)OC(=O)[C@@H]1CC(=O)N(c2cc(Cl)ccc2OC)C1. The van der Waals surface area contributed by atoms with E-state index in [1.807, 2.05) is 0 Å². The Morgan fingerprint density at radius 1 is 1.44 bits per heavy atom. The third-order valence-corrected chi connectivity index (χ3v) is 4.14. The fourth-order valence-electron chi connectivity index (χ4n) is 2.61. The maximum absolute atomic E-state index is 12.3. The van der Waals surface area contributed by atoms with Gasteiger partial charge >= 0.3 is 5.97 Å². The lowest BCUT2D eigenvalue weighted by Gasteiger charge is -2.20. The van der Waals surface area contributed by atoms with Crippen molar-refractivity contribution in [1.82, 2.24) is 5.32 Å². The minimum Gasteiger partial charge on any atom is -0.495 e. The summed E-state index contributed by atoms with van der Waals surface area (Å²) in [5, 5.41) is 3.04. The number of rotatable bonds is 6. The number of likely N-dealkylation sites (N-methyl/N-ethyl adjacent to an activating group) is 1. The monoisotopic (exact) mass is 368 g/mol. The van der Waals surface area contributed by atoms with Crippen molar-refractivity contribution < 1.29 is 23.9 Å². The Bertz CT molecular complexity index is 679. The smallest absolute Gasteiger partial charge is 0.312 e. The molecule has 0 bridgehead atoms. The quantitative estimate of drug-likeness (QED) is 0.773. The average Bonchev–Trinajstić information content (AvgIpc) is 2.96. The summed E-state index contributed by atoms with van der Waals surface area (Å²) in [5.41, 5.74) is 0.507. The second-order valence-corrected chi connectivity index (χ2v) is 6.13. The Labute approximate surface area is 151 Å². The maximum Gasteiger partial charge on any atom is 0.312 e. The van der Waals surface area contributed by atoms with Crippen LogP contribution < -0.4 is 15.0 Å². The number of amides is 2. The number of halogens is 1. The van der Waals surface area contributed by atoms with Gasteiger partial charge in [0.1, 0.15) is 5.75 Å². The van der Waals surface area contributed by atoms with Crippen LogP contribution >= 0.6 is 11.6 Å². The van der Waals surface area contributed by atoms with Gasteiger partial charge in [-0.05, 0) is 32.0 Å². The summed E-state index contributed by atoms with van der Waals surface area (Å²) < 4.78 is 10.4. The normalized spacial score (nSPS) is 18.0. The molecule has 0 unspecified atom stereocenters. The van der Waals surface area contributed by atoms with Crippen molar-refractivity contribution in [3.63, 3.8) is 0 Å². The van der Waals surface area contributed by atoms with Crippen LogP contribution in [-0.4, -0.2) is 44.1 Å². The second-order valence-electron chi connectivity index (χ2n) is 5.70. The van der Waals surface area contributed by atoms with Gasteiger partial charge in [0.25, 0.3) is 5.91 Å². The zero-order valence-corrected chi connectivity index (χ0v) is 15.1. The van der Waals surface area contributed by atoms with Crippen LogP contribution in [0.2, 0.25) is 5.02 Å². The number of esters is 1. The largest absolute Gasteiger partial charge is 0.495 e. The molecule has 2 atom stereocenters. The third-order valence-electron chi connectivity index (χ3n) is 3.90. The molecule has 8 heteroatoms. The van der Waals surface area contributed by atoms with Gasteiger partial charge in [-0.3, -0.25) is 14.4 Å². The first-order valence-corrected chi connectivity index (χ1v) is 8.37. The third kappa shape index (κ3) is 4.42. The summed E-state index contributed by atoms with van der Waals surface area (Å²) in [7, 11) is 1.49. The molecule has 1 saturated heterocycles. The predicted molar refractivity (Wildman–Crippen MR) is 92.7 cm³/mol.